The summed E-state index contributed by atoms with van der Waals surface area (Å²) in [6.07, 6.45) is 5.25. The summed E-state index contributed by atoms with van der Waals surface area (Å²) in [5.74, 6) is -1.09. The predicted molar refractivity (Wildman–Crippen MR) is 116 cm³/mol. The van der Waals surface area contributed by atoms with Crippen LogP contribution in [0.4, 0.5) is 5.69 Å². The van der Waals surface area contributed by atoms with Gasteiger partial charge in [-0.2, -0.15) is 5.26 Å². The average Bonchev–Trinajstić information content (AvgIpc) is 3.37. The van der Waals surface area contributed by atoms with Crippen LogP contribution < -0.4 is 4.90 Å². The lowest BCUT2D eigenvalue weighted by molar-refractivity contribution is -0.153. The molecule has 0 bridgehead atoms. The maximum Gasteiger partial charge on any atom is 0.329 e. The first-order chi connectivity index (χ1) is 14.8. The van der Waals surface area contributed by atoms with E-state index in [2.05, 4.69) is 6.07 Å². The molecule has 0 aliphatic carbocycles. The maximum absolute atomic E-state index is 13.9. The van der Waals surface area contributed by atoms with E-state index in [1.54, 1.807) is 19.1 Å². The minimum Gasteiger partial charge on any atom is -0.469 e. The van der Waals surface area contributed by atoms with Crippen molar-refractivity contribution < 1.29 is 18.7 Å². The molecule has 3 heterocycles. The molecule has 0 amide bonds. The van der Waals surface area contributed by atoms with E-state index >= 15 is 0 Å². The third-order valence-corrected chi connectivity index (χ3v) is 6.20. The van der Waals surface area contributed by atoms with E-state index in [4.69, 9.17) is 9.15 Å². The Morgan fingerprint density at radius 2 is 1.97 bits per heavy atom. The molecule has 31 heavy (non-hydrogen) atoms. The van der Waals surface area contributed by atoms with Crippen molar-refractivity contribution in [1.29, 1.82) is 5.26 Å². The van der Waals surface area contributed by atoms with E-state index in [0.717, 1.165) is 11.3 Å². The number of nitrogens with zero attached hydrogens (tertiary/aromatic N) is 2. The minimum atomic E-state index is -1.64. The Kier molecular flexibility index (Phi) is 5.01. The first-order valence-corrected chi connectivity index (χ1v) is 10.5. The Balaban J connectivity index is 2.04. The second-order valence-corrected chi connectivity index (χ2v) is 9.02. The molecule has 2 aliphatic rings. The molecule has 160 valence electrons. The Labute approximate surface area is 182 Å². The molecule has 4 atom stereocenters. The van der Waals surface area contributed by atoms with Crippen molar-refractivity contribution in [2.24, 2.45) is 10.8 Å². The number of ketones is 1. The van der Waals surface area contributed by atoms with Gasteiger partial charge >= 0.3 is 5.97 Å². The number of Topliss-reactive ketones (excluding diaryl/α,β-unsaturated/α-hetero) is 1. The smallest absolute Gasteiger partial charge is 0.329 e. The van der Waals surface area contributed by atoms with Gasteiger partial charge in [-0.25, -0.2) is 0 Å². The maximum atomic E-state index is 13.9. The molecule has 0 N–H and O–H groups in total. The number of benzene rings is 1. The monoisotopic (exact) mass is 418 g/mol. The first kappa shape index (κ1) is 20.9. The highest BCUT2D eigenvalue weighted by Crippen LogP contribution is 2.57. The second kappa shape index (κ2) is 7.42. The number of fused-ring (bicyclic) bond motifs is 3. The van der Waals surface area contributed by atoms with Crippen LogP contribution in [0.1, 0.15) is 44.9 Å². The number of hydrogen-bond acceptors (Lipinski definition) is 6. The number of nitriles is 1. The number of hydrogen-bond donors (Lipinski definition) is 0. The lowest BCUT2D eigenvalue weighted by Gasteiger charge is -2.37. The van der Waals surface area contributed by atoms with Gasteiger partial charge in [-0.05, 0) is 30.7 Å². The quantitative estimate of drug-likeness (QED) is 0.687. The minimum absolute atomic E-state index is 0.0644. The highest BCUT2D eigenvalue weighted by Gasteiger charge is 2.68. The Bertz CT molecular complexity index is 1070. The molecular formula is C25H26N2O4. The topological polar surface area (TPSA) is 83.5 Å². The number of esters is 1. The van der Waals surface area contributed by atoms with Crippen LogP contribution in [0.3, 0.4) is 0 Å². The fourth-order valence-corrected chi connectivity index (χ4v) is 4.84. The SMILES string of the molecule is CCOC(=O)[C@@]1(C#N)[C@H](c2ccco2)[C@@H](C(=O)C(C)(C)C)N2c3ccccc3C=C[C@H]21. The van der Waals surface area contributed by atoms with Crippen LogP contribution in [-0.4, -0.2) is 30.4 Å². The van der Waals surface area contributed by atoms with Crippen molar-refractivity contribution in [3.05, 3.63) is 60.1 Å². The fourth-order valence-electron chi connectivity index (χ4n) is 4.84. The van der Waals surface area contributed by atoms with E-state index < -0.39 is 34.8 Å². The van der Waals surface area contributed by atoms with Crippen molar-refractivity contribution in [2.45, 2.75) is 45.7 Å². The molecule has 1 fully saturated rings. The van der Waals surface area contributed by atoms with Gasteiger partial charge in [0, 0.05) is 11.1 Å². The van der Waals surface area contributed by atoms with Gasteiger partial charge in [0.2, 0.25) is 0 Å². The molecular weight excluding hydrogens is 392 g/mol. The van der Waals surface area contributed by atoms with Crippen LogP contribution in [0, 0.1) is 22.2 Å². The number of rotatable bonds is 4. The number of anilines is 1. The molecule has 1 saturated heterocycles. The van der Waals surface area contributed by atoms with Crippen molar-refractivity contribution in [3.8, 4) is 6.07 Å². The molecule has 0 spiro atoms. The van der Waals surface area contributed by atoms with Crippen LogP contribution in [0.2, 0.25) is 0 Å². The third-order valence-electron chi connectivity index (χ3n) is 6.20. The lowest BCUT2D eigenvalue weighted by atomic mass is 9.68. The zero-order valence-electron chi connectivity index (χ0n) is 18.2. The molecule has 6 heteroatoms. The fraction of sp³-hybridized carbons (Fsp3) is 0.400. The molecule has 0 saturated carbocycles. The molecule has 1 aromatic carbocycles. The van der Waals surface area contributed by atoms with Crippen molar-refractivity contribution >= 4 is 23.5 Å². The van der Waals surface area contributed by atoms with E-state index in [9.17, 15) is 14.9 Å². The van der Waals surface area contributed by atoms with Gasteiger partial charge in [-0.15, -0.1) is 0 Å². The van der Waals surface area contributed by atoms with Crippen LogP contribution in [-0.2, 0) is 14.3 Å². The largest absolute Gasteiger partial charge is 0.469 e. The highest BCUT2D eigenvalue weighted by atomic mass is 16.5. The first-order valence-electron chi connectivity index (χ1n) is 10.5. The van der Waals surface area contributed by atoms with E-state index in [1.165, 1.54) is 6.26 Å². The van der Waals surface area contributed by atoms with Crippen LogP contribution in [0.15, 0.2) is 53.2 Å². The van der Waals surface area contributed by atoms with Gasteiger partial charge in [0.25, 0.3) is 0 Å². The summed E-state index contributed by atoms with van der Waals surface area (Å²) in [4.78, 5) is 29.2. The lowest BCUT2D eigenvalue weighted by Crippen LogP contribution is -2.48. The molecule has 2 aliphatic heterocycles. The van der Waals surface area contributed by atoms with Gasteiger partial charge in [0.05, 0.1) is 30.9 Å². The van der Waals surface area contributed by atoms with Crippen LogP contribution in [0.5, 0.6) is 0 Å². The van der Waals surface area contributed by atoms with E-state index in [1.807, 2.05) is 62.1 Å². The number of carbonyl (C=O) groups excluding carboxylic acids is 2. The average molecular weight is 418 g/mol. The number of carbonyl (C=O) groups is 2. The van der Waals surface area contributed by atoms with Gasteiger partial charge in [-0.3, -0.25) is 9.59 Å². The summed E-state index contributed by atoms with van der Waals surface area (Å²) >= 11 is 0. The van der Waals surface area contributed by atoms with Gasteiger partial charge in [-0.1, -0.05) is 51.1 Å². The molecule has 2 aromatic rings. The molecule has 1 aromatic heterocycles. The normalized spacial score (nSPS) is 26.7. The van der Waals surface area contributed by atoms with Crippen molar-refractivity contribution in [3.63, 3.8) is 0 Å². The molecule has 4 rings (SSSR count). The van der Waals surface area contributed by atoms with Gasteiger partial charge in [0.15, 0.2) is 11.2 Å². The summed E-state index contributed by atoms with van der Waals surface area (Å²) in [5, 5.41) is 10.5. The van der Waals surface area contributed by atoms with E-state index in [-0.39, 0.29) is 12.4 Å². The zero-order chi connectivity index (χ0) is 22.4. The molecule has 0 radical (unpaired) electrons. The molecule has 6 nitrogen and oxygen atoms in total. The van der Waals surface area contributed by atoms with Crippen LogP contribution >= 0.6 is 0 Å². The number of para-hydroxylation sites is 1. The number of furan rings is 1. The summed E-state index contributed by atoms with van der Waals surface area (Å²) in [5.41, 5.74) is -0.586. The Morgan fingerprint density at radius 3 is 2.58 bits per heavy atom. The predicted octanol–water partition coefficient (Wildman–Crippen LogP) is 4.34. The van der Waals surface area contributed by atoms with Gasteiger partial charge < -0.3 is 14.1 Å². The summed E-state index contributed by atoms with van der Waals surface area (Å²) in [6, 6.07) is 12.0. The summed E-state index contributed by atoms with van der Waals surface area (Å²) in [6.45, 7) is 7.41. The summed E-state index contributed by atoms with van der Waals surface area (Å²) < 4.78 is 11.2. The summed E-state index contributed by atoms with van der Waals surface area (Å²) in [7, 11) is 0. The third kappa shape index (κ3) is 2.99. The standard InChI is InChI=1S/C25H26N2O4/c1-5-30-23(29)25(15-26)19-13-12-16-9-6-7-10-17(16)27(19)21(22(28)24(2,3)4)20(25)18-11-8-14-31-18/h6-14,19-21H,5H2,1-4H3/t19-,20+,21-,25+/m0/s1. The van der Waals surface area contributed by atoms with E-state index in [0.29, 0.717) is 5.76 Å². The zero-order valence-corrected chi connectivity index (χ0v) is 18.2. The Morgan fingerprint density at radius 1 is 1.23 bits per heavy atom. The number of ether oxygens (including phenoxy) is 1. The van der Waals surface area contributed by atoms with Crippen molar-refractivity contribution in [2.75, 3.05) is 11.5 Å². The van der Waals surface area contributed by atoms with Gasteiger partial charge in [0.1, 0.15) is 11.8 Å². The van der Waals surface area contributed by atoms with Crippen LogP contribution in [0.25, 0.3) is 6.08 Å². The second-order valence-electron chi connectivity index (χ2n) is 9.02. The Hall–Kier alpha value is -3.33. The molecule has 0 unspecified atom stereocenters. The highest BCUT2D eigenvalue weighted by molar-refractivity contribution is 5.99. The van der Waals surface area contributed by atoms with Crippen molar-refractivity contribution in [1.82, 2.24) is 0 Å².